The lowest BCUT2D eigenvalue weighted by Gasteiger charge is -2.57. The maximum absolute atomic E-state index is 13.5. The summed E-state index contributed by atoms with van der Waals surface area (Å²) in [5.41, 5.74) is -1.08. The maximum Gasteiger partial charge on any atom is 0.307 e. The molecule has 0 amide bonds. The largest absolute Gasteiger partial charge is 0.390 e. The van der Waals surface area contributed by atoms with Crippen molar-refractivity contribution in [1.82, 2.24) is 29.8 Å². The van der Waals surface area contributed by atoms with Gasteiger partial charge in [-0.15, -0.1) is 0 Å². The predicted molar refractivity (Wildman–Crippen MR) is 363 cm³/mol. The highest BCUT2D eigenvalue weighted by Crippen LogP contribution is 2.78. The summed E-state index contributed by atoms with van der Waals surface area (Å²) in [5.74, 6) is 16.7. The zero-order valence-electron chi connectivity index (χ0n) is 57.9. The first-order valence-corrected chi connectivity index (χ1v) is 38.9. The van der Waals surface area contributed by atoms with Crippen LogP contribution in [-0.4, -0.2) is 99.3 Å². The molecule has 97 heavy (non-hydrogen) atoms. The summed E-state index contributed by atoms with van der Waals surface area (Å²) in [7, 11) is 0. The zero-order valence-corrected chi connectivity index (χ0v) is 59.5. The van der Waals surface area contributed by atoms with Crippen LogP contribution in [0, 0.1) is 189 Å². The molecular weight excluding hydrogens is 1300 g/mol. The van der Waals surface area contributed by atoms with Crippen molar-refractivity contribution >= 4 is 50.3 Å². The molecule has 0 aromatic carbocycles. The van der Waals surface area contributed by atoms with Crippen molar-refractivity contribution in [2.75, 3.05) is 5.33 Å². The minimum atomic E-state index is -0.510. The summed E-state index contributed by atoms with van der Waals surface area (Å²) in [6.07, 6.45) is 35.7. The van der Waals surface area contributed by atoms with E-state index in [4.69, 9.17) is 0 Å². The van der Waals surface area contributed by atoms with Crippen molar-refractivity contribution in [2.45, 2.75) is 226 Å². The van der Waals surface area contributed by atoms with E-state index >= 15 is 0 Å². The van der Waals surface area contributed by atoms with Crippen LogP contribution in [0.4, 0.5) is 17.1 Å². The number of hydrogen-bond acceptors (Lipinski definition) is 15. The van der Waals surface area contributed by atoms with Crippen LogP contribution in [0.3, 0.4) is 0 Å². The average Bonchev–Trinajstić information content (AvgIpc) is 1.55. The molecule has 21 nitrogen and oxygen atoms in total. The van der Waals surface area contributed by atoms with Crippen molar-refractivity contribution in [3.8, 4) is 0 Å². The molecule has 0 unspecified atom stereocenters. The van der Waals surface area contributed by atoms with E-state index in [1.807, 2.05) is 13.8 Å². The highest BCUT2D eigenvalue weighted by Gasteiger charge is 2.74. The van der Waals surface area contributed by atoms with Gasteiger partial charge in [0.15, 0.2) is 11.6 Å². The third-order valence-corrected chi connectivity index (χ3v) is 31.8. The van der Waals surface area contributed by atoms with Gasteiger partial charge in [-0.25, -0.2) is 0 Å². The number of nitro groups is 3. The number of aromatic nitrogens is 6. The number of nitrogens with one attached hydrogen (secondary N) is 1. The molecule has 0 bridgehead atoms. The van der Waals surface area contributed by atoms with Crippen LogP contribution >= 0.6 is 15.9 Å². The quantitative estimate of drug-likeness (QED) is 0.0788. The van der Waals surface area contributed by atoms with E-state index in [-0.39, 0.29) is 69.8 Å². The second kappa shape index (κ2) is 24.7. The summed E-state index contributed by atoms with van der Waals surface area (Å²) in [5, 5.41) is 77.9. The molecule has 15 aliphatic rings. The van der Waals surface area contributed by atoms with Crippen molar-refractivity contribution in [1.29, 1.82) is 0 Å². The molecule has 0 spiro atoms. The fourth-order valence-electron chi connectivity index (χ4n) is 28.0. The number of ketones is 3. The van der Waals surface area contributed by atoms with E-state index in [1.165, 1.54) is 130 Å². The van der Waals surface area contributed by atoms with E-state index in [9.17, 15) is 60.0 Å². The van der Waals surface area contributed by atoms with Crippen LogP contribution in [0.5, 0.6) is 0 Å². The van der Waals surface area contributed by atoms with Crippen LogP contribution in [0.1, 0.15) is 196 Å². The molecule has 530 valence electrons. The van der Waals surface area contributed by atoms with Gasteiger partial charge in [-0.2, -0.15) is 15.3 Å². The van der Waals surface area contributed by atoms with E-state index in [2.05, 4.69) is 64.0 Å². The number of H-pyrrole nitrogens is 1. The topological polar surface area (TPSA) is 306 Å². The minimum absolute atomic E-state index is 0.00926. The second-order valence-electron chi connectivity index (χ2n) is 36.6. The van der Waals surface area contributed by atoms with Crippen LogP contribution in [0.2, 0.25) is 0 Å². The molecule has 15 fully saturated rings. The van der Waals surface area contributed by atoms with Crippen LogP contribution < -0.4 is 0 Å². The number of nitrogens with zero attached hydrogens (tertiary/aromatic N) is 8. The molecule has 4 N–H and O–H groups in total. The lowest BCUT2D eigenvalue weighted by Crippen LogP contribution is -2.52. The molecule has 22 heteroatoms. The van der Waals surface area contributed by atoms with Crippen molar-refractivity contribution in [3.63, 3.8) is 0 Å². The molecule has 0 aliphatic heterocycles. The fourth-order valence-corrected chi connectivity index (χ4v) is 28.3. The number of carbonyl (C=O) groups excluding carboxylic acids is 3. The van der Waals surface area contributed by atoms with E-state index in [1.54, 1.807) is 0 Å². The highest BCUT2D eigenvalue weighted by atomic mass is 79.9. The van der Waals surface area contributed by atoms with Gasteiger partial charge in [-0.05, 0) is 315 Å². The normalized spacial score (nSPS) is 48.3. The molecular formula is C75H106BrN9O12. The van der Waals surface area contributed by atoms with Gasteiger partial charge in [0.25, 0.3) is 0 Å². The molecule has 0 radical (unpaired) electrons. The minimum Gasteiger partial charge on any atom is -0.390 e. The number of aliphatic hydroxyl groups is 3. The Labute approximate surface area is 578 Å². The Balaban J connectivity index is 0.000000113. The molecule has 18 rings (SSSR count). The molecule has 30 atom stereocenters. The van der Waals surface area contributed by atoms with E-state index in [0.29, 0.717) is 70.3 Å². The second-order valence-corrected chi connectivity index (χ2v) is 37.2. The average molecular weight is 1410 g/mol. The number of Topliss-reactive ketones (excluding diaryl/α,β-unsaturated/α-hetero) is 3. The van der Waals surface area contributed by atoms with Gasteiger partial charge in [0, 0.05) is 17.8 Å². The number of aromatic amines is 1. The number of fused-ring (bicyclic) bond motifs is 21. The SMILES string of the molecule is C[C@@]1(O)CC[C@H]2[C@H](CC[C@@H]3[C@@H]2CC[C@@]2(C)[C@H]3[C@@H]3C[C@@H]3[C@@H]2C(=O)CBr)C1.C[C@@]1(O)CC[C@H]2[C@H](CC[C@@H]3[C@@H]2CC[C@@]2(C)[C@H]3[C@@H]3C[C@@H]3[C@@H]2C(=O)Cn2cc([N+](=O)[O-])cn2)C1.C[C@@]1(O)CC[C@H]2[C@H](CC[C@@H]3[C@@H]2CC[C@@]2(C)[C@H]3[C@@H]3C[C@@H]3[C@@H]2C(=O)Cn2cc([N+](=O)[O-])cn2)C1.O=[N+]([O-])c1cn[nH]c1. The number of halogens is 1. The predicted octanol–water partition coefficient (Wildman–Crippen LogP) is 13.6. The van der Waals surface area contributed by atoms with Crippen LogP contribution in [-0.2, 0) is 27.5 Å². The fraction of sp³-hybridized carbons (Fsp3) is 0.840. The van der Waals surface area contributed by atoms with Gasteiger partial charge in [0.2, 0.25) is 0 Å². The number of carbonyl (C=O) groups is 3. The van der Waals surface area contributed by atoms with Gasteiger partial charge in [0.05, 0.1) is 43.1 Å². The summed E-state index contributed by atoms with van der Waals surface area (Å²) in [6, 6.07) is 0. The zero-order chi connectivity index (χ0) is 68.4. The Morgan fingerprint density at radius 1 is 0.454 bits per heavy atom. The molecule has 3 aromatic rings. The van der Waals surface area contributed by atoms with Gasteiger partial charge < -0.3 is 15.3 Å². The molecule has 0 saturated heterocycles. The number of hydrogen-bond donors (Lipinski definition) is 4. The summed E-state index contributed by atoms with van der Waals surface area (Å²) < 4.78 is 2.92. The Bertz CT molecular complexity index is 3380. The summed E-state index contributed by atoms with van der Waals surface area (Å²) >= 11 is 3.46. The third-order valence-electron chi connectivity index (χ3n) is 31.2. The smallest absolute Gasteiger partial charge is 0.307 e. The lowest BCUT2D eigenvalue weighted by atomic mass is 9.48. The number of rotatable bonds is 11. The van der Waals surface area contributed by atoms with Gasteiger partial charge >= 0.3 is 17.1 Å². The van der Waals surface area contributed by atoms with E-state index in [0.717, 1.165) is 141 Å². The number of alkyl halides is 1. The van der Waals surface area contributed by atoms with Gasteiger partial charge in [0.1, 0.15) is 49.9 Å². The third kappa shape index (κ3) is 12.0. The summed E-state index contributed by atoms with van der Waals surface area (Å²) in [6.45, 7) is 13.6. The van der Waals surface area contributed by atoms with Crippen molar-refractivity contribution in [3.05, 3.63) is 67.5 Å². The molecule has 3 heterocycles. The Morgan fingerprint density at radius 3 is 1.07 bits per heavy atom. The standard InChI is InChI=1S/2C25H35N3O4.C22H33BrO2.C3H3N3O2/c2*1-24(30)7-5-16-14(10-24)3-4-18-17(16)6-8-25(2)22(18)19-9-20(19)23(25)21(29)13-27-12-15(11-26-27)28(31)32;1-21(25)7-5-13-12(10-21)3-4-15-14(13)6-8-22(2)19(15)16-9-17(16)20(22)18(24)11-23;7-6(8)3-1-4-5-2-3/h2*11-12,14,16-20,22-23,30H,3-10,13H2,1-2H3;12-17,19-20,25H,3-11H2,1-2H3;1-2H,(H,4,5)/t2*14-,16+,17-,18-,19-,20+,22-,23-,24-,25+;12-,13+,14-,15-,16-,17+,19-,20-,21-,22+;/m111./s1. The highest BCUT2D eigenvalue weighted by molar-refractivity contribution is 9.09. The van der Waals surface area contributed by atoms with Crippen molar-refractivity contribution in [2.24, 2.45) is 158 Å². The maximum atomic E-state index is 13.5. The van der Waals surface area contributed by atoms with Crippen LogP contribution in [0.25, 0.3) is 0 Å². The Morgan fingerprint density at radius 2 is 0.784 bits per heavy atom. The van der Waals surface area contributed by atoms with Crippen LogP contribution in [0.15, 0.2) is 37.2 Å². The molecule has 15 saturated carbocycles. The van der Waals surface area contributed by atoms with Gasteiger partial charge in [-0.1, -0.05) is 36.7 Å². The molecule has 3 aromatic heterocycles. The van der Waals surface area contributed by atoms with Gasteiger partial charge in [-0.3, -0.25) is 59.2 Å². The molecule has 15 aliphatic carbocycles. The monoisotopic (exact) mass is 1400 g/mol. The Hall–Kier alpha value is -4.80. The first kappa shape index (κ1) is 68.0. The first-order valence-electron chi connectivity index (χ1n) is 37.8. The van der Waals surface area contributed by atoms with E-state index < -0.39 is 31.6 Å². The van der Waals surface area contributed by atoms with Crippen molar-refractivity contribution < 1.29 is 44.5 Å². The lowest BCUT2D eigenvalue weighted by molar-refractivity contribution is -0.385. The summed E-state index contributed by atoms with van der Waals surface area (Å²) in [4.78, 5) is 70.0. The first-order chi connectivity index (χ1) is 46.0. The Kier molecular flexibility index (Phi) is 17.3.